The third-order valence-corrected chi connectivity index (χ3v) is 14.2. The topological polar surface area (TPSA) is 182 Å². The van der Waals surface area contributed by atoms with Crippen LogP contribution in [0.5, 0.6) is 0 Å². The van der Waals surface area contributed by atoms with E-state index in [9.17, 15) is 41.2 Å². The molecule has 2 aromatic carbocycles. The molecule has 2 amide bonds. The van der Waals surface area contributed by atoms with Gasteiger partial charge in [0.05, 0.1) is 38.4 Å². The highest BCUT2D eigenvalue weighted by atomic mass is 32.2. The van der Waals surface area contributed by atoms with Crippen LogP contribution >= 0.6 is 0 Å². The number of imide groups is 1. The summed E-state index contributed by atoms with van der Waals surface area (Å²) in [4.78, 5) is 52.4. The monoisotopic (exact) mass is 849 g/mol. The van der Waals surface area contributed by atoms with E-state index in [0.29, 0.717) is 61.0 Å². The van der Waals surface area contributed by atoms with Crippen molar-refractivity contribution in [3.05, 3.63) is 70.4 Å². The van der Waals surface area contributed by atoms with Crippen LogP contribution in [0.2, 0.25) is 0 Å². The maximum atomic E-state index is 13.8. The third-order valence-electron chi connectivity index (χ3n) is 12.3. The van der Waals surface area contributed by atoms with E-state index in [1.165, 1.54) is 14.9 Å². The van der Waals surface area contributed by atoms with E-state index in [1.807, 2.05) is 18.2 Å². The van der Waals surface area contributed by atoms with E-state index < -0.39 is 33.7 Å². The molecule has 4 saturated heterocycles. The van der Waals surface area contributed by atoms with Crippen LogP contribution in [0, 0.1) is 17.2 Å². The van der Waals surface area contributed by atoms with Gasteiger partial charge in [0.1, 0.15) is 12.1 Å². The summed E-state index contributed by atoms with van der Waals surface area (Å²) in [6.45, 7) is 5.81. The number of nitrogens with one attached hydrogen (secondary N) is 2. The summed E-state index contributed by atoms with van der Waals surface area (Å²) in [6.07, 6.45) is -0.0854. The number of piperidine rings is 3. The molecule has 0 radical (unpaired) electrons. The summed E-state index contributed by atoms with van der Waals surface area (Å²) in [5.41, 5.74) is 2.11. The Morgan fingerprint density at radius 3 is 2.22 bits per heavy atom. The largest absolute Gasteiger partial charge is 0.419 e. The molecule has 0 aliphatic carbocycles. The number of para-hydroxylation sites is 1. The van der Waals surface area contributed by atoms with Crippen LogP contribution in [-0.4, -0.2) is 113 Å². The van der Waals surface area contributed by atoms with Crippen molar-refractivity contribution in [1.82, 2.24) is 33.6 Å². The Morgan fingerprint density at radius 2 is 1.57 bits per heavy atom. The Balaban J connectivity index is 0.851. The lowest BCUT2D eigenvalue weighted by atomic mass is 9.95. The zero-order valence-electron chi connectivity index (χ0n) is 33.1. The number of imidazole rings is 1. The number of halogens is 3. The van der Waals surface area contributed by atoms with E-state index in [-0.39, 0.29) is 54.4 Å². The standard InChI is InChI=1S/C40H46F3N11O5S/c1-49-36-31(3-2-4-32(36)54(39(49)57)33-7-8-35(55)48-37(33)56)52-19-17-50(18-20-52)25-26-9-13-51(14-10-26)34-21-30(6-5-27(34)22-44)60(58,59)53-15-11-29(12-16-53)47-38-45-23-28(24-46-38)40(41,42)43/h2-6,21,23-24,26,29,33H,7-20,25H2,1H3,(H,45,46,47)(H,48,55,56). The first kappa shape index (κ1) is 41.2. The first-order valence-electron chi connectivity index (χ1n) is 20.2. The van der Waals surface area contributed by atoms with Gasteiger partial charge in [-0.25, -0.2) is 23.2 Å². The number of nitriles is 1. The van der Waals surface area contributed by atoms with Crippen LogP contribution in [0.15, 0.2) is 58.5 Å². The molecule has 4 aliphatic heterocycles. The normalized spacial score (nSPS) is 20.7. The van der Waals surface area contributed by atoms with Crippen molar-refractivity contribution in [2.24, 2.45) is 13.0 Å². The second-order valence-corrected chi connectivity index (χ2v) is 17.9. The number of anilines is 3. The molecule has 6 heterocycles. The highest BCUT2D eigenvalue weighted by Crippen LogP contribution is 2.34. The van der Waals surface area contributed by atoms with E-state index in [1.54, 1.807) is 23.7 Å². The lowest BCUT2D eigenvalue weighted by molar-refractivity contribution is -0.138. The molecule has 2 N–H and O–H groups in total. The molecule has 1 atom stereocenters. The molecule has 0 spiro atoms. The number of rotatable bonds is 9. The number of nitrogens with zero attached hydrogens (tertiary/aromatic N) is 9. The van der Waals surface area contributed by atoms with Gasteiger partial charge in [0.15, 0.2) is 0 Å². The predicted molar refractivity (Wildman–Crippen MR) is 216 cm³/mol. The minimum Gasteiger partial charge on any atom is -0.370 e. The van der Waals surface area contributed by atoms with Crippen molar-refractivity contribution in [3.63, 3.8) is 0 Å². The van der Waals surface area contributed by atoms with Crippen LogP contribution in [0.3, 0.4) is 0 Å². The quantitative estimate of drug-likeness (QED) is 0.235. The van der Waals surface area contributed by atoms with Gasteiger partial charge in [0.25, 0.3) is 0 Å². The number of aryl methyl sites for hydroxylation is 1. The molecule has 1 unspecified atom stereocenters. The molecule has 2 aromatic heterocycles. The summed E-state index contributed by atoms with van der Waals surface area (Å²) in [5.74, 6) is -0.326. The number of piperazine rings is 1. The zero-order chi connectivity index (χ0) is 42.3. The predicted octanol–water partition coefficient (Wildman–Crippen LogP) is 3.30. The minimum absolute atomic E-state index is 0.0499. The number of alkyl halides is 3. The molecule has 318 valence electrons. The van der Waals surface area contributed by atoms with Crippen LogP contribution in [0.25, 0.3) is 11.0 Å². The number of carbonyl (C=O) groups excluding carboxylic acids is 2. The van der Waals surface area contributed by atoms with Crippen LogP contribution in [0.4, 0.5) is 30.5 Å². The number of aromatic nitrogens is 4. The Labute approximate surface area is 344 Å². The number of benzene rings is 2. The van der Waals surface area contributed by atoms with Crippen molar-refractivity contribution in [2.75, 3.05) is 74.0 Å². The molecule has 4 aromatic rings. The summed E-state index contributed by atoms with van der Waals surface area (Å²) >= 11 is 0. The summed E-state index contributed by atoms with van der Waals surface area (Å²) in [6, 6.07) is 11.7. The zero-order valence-corrected chi connectivity index (χ0v) is 33.9. The van der Waals surface area contributed by atoms with Crippen LogP contribution in [-0.2, 0) is 32.8 Å². The van der Waals surface area contributed by atoms with E-state index in [4.69, 9.17) is 0 Å². The molecule has 20 heteroatoms. The van der Waals surface area contributed by atoms with Gasteiger partial charge in [-0.2, -0.15) is 22.7 Å². The Morgan fingerprint density at radius 1 is 0.883 bits per heavy atom. The van der Waals surface area contributed by atoms with Gasteiger partial charge in [0, 0.05) is 90.8 Å². The molecule has 4 aliphatic rings. The Bertz CT molecular complexity index is 2480. The Kier molecular flexibility index (Phi) is 11.3. The van der Waals surface area contributed by atoms with Crippen LogP contribution in [0.1, 0.15) is 55.7 Å². The second-order valence-electron chi connectivity index (χ2n) is 15.9. The molecule has 4 fully saturated rings. The van der Waals surface area contributed by atoms with Gasteiger partial charge < -0.3 is 15.1 Å². The minimum atomic E-state index is -4.54. The number of carbonyl (C=O) groups is 2. The van der Waals surface area contributed by atoms with Crippen molar-refractivity contribution >= 4 is 50.2 Å². The fraction of sp³-hybridized carbons (Fsp3) is 0.500. The van der Waals surface area contributed by atoms with Crippen molar-refractivity contribution < 1.29 is 31.2 Å². The van der Waals surface area contributed by atoms with Crippen molar-refractivity contribution in [2.45, 2.75) is 61.7 Å². The molecular formula is C40H46F3N11O5S. The summed E-state index contributed by atoms with van der Waals surface area (Å²) < 4.78 is 70.8. The highest BCUT2D eigenvalue weighted by Gasteiger charge is 2.35. The van der Waals surface area contributed by atoms with Gasteiger partial charge in [-0.05, 0) is 68.4 Å². The van der Waals surface area contributed by atoms with Gasteiger partial charge in [-0.3, -0.25) is 28.9 Å². The molecule has 0 bridgehead atoms. The maximum Gasteiger partial charge on any atom is 0.419 e. The number of hydrogen-bond donors (Lipinski definition) is 2. The maximum absolute atomic E-state index is 13.8. The number of hydrogen-bond acceptors (Lipinski definition) is 12. The SMILES string of the molecule is Cn1c(=O)n(C2CCC(=O)NC2=O)c2cccc(N3CCN(CC4CCN(c5cc(S(=O)(=O)N6CCC(Nc7ncc(C(F)(F)F)cn7)CC6)ccc5C#N)CC4)CC3)c21. The molecular weight excluding hydrogens is 804 g/mol. The molecule has 16 nitrogen and oxygen atoms in total. The average molecular weight is 850 g/mol. The number of fused-ring (bicyclic) bond motifs is 1. The fourth-order valence-electron chi connectivity index (χ4n) is 8.94. The molecule has 0 saturated carbocycles. The second kappa shape index (κ2) is 16.5. The average Bonchev–Trinajstić information content (AvgIpc) is 3.49. The Hall–Kier alpha value is -5.52. The number of amides is 2. The summed E-state index contributed by atoms with van der Waals surface area (Å²) in [5, 5.41) is 15.3. The van der Waals surface area contributed by atoms with E-state index in [0.717, 1.165) is 56.8 Å². The lowest BCUT2D eigenvalue weighted by Gasteiger charge is -2.40. The first-order valence-corrected chi connectivity index (χ1v) is 21.6. The first-order chi connectivity index (χ1) is 28.7. The smallest absolute Gasteiger partial charge is 0.370 e. The summed E-state index contributed by atoms with van der Waals surface area (Å²) in [7, 11) is -2.17. The number of sulfonamides is 1. The highest BCUT2D eigenvalue weighted by molar-refractivity contribution is 7.89. The lowest BCUT2D eigenvalue weighted by Crippen LogP contribution is -2.49. The van der Waals surface area contributed by atoms with E-state index in [2.05, 4.69) is 41.4 Å². The van der Waals surface area contributed by atoms with Crippen molar-refractivity contribution in [3.8, 4) is 6.07 Å². The molecule has 8 rings (SSSR count). The van der Waals surface area contributed by atoms with E-state index >= 15 is 0 Å². The molecule has 60 heavy (non-hydrogen) atoms. The van der Waals surface area contributed by atoms with Gasteiger partial charge >= 0.3 is 11.9 Å². The van der Waals surface area contributed by atoms with Gasteiger partial charge in [0.2, 0.25) is 27.8 Å². The van der Waals surface area contributed by atoms with Crippen molar-refractivity contribution in [1.29, 1.82) is 5.26 Å². The van der Waals surface area contributed by atoms with Gasteiger partial charge in [-0.1, -0.05) is 6.07 Å². The third kappa shape index (κ3) is 8.17. The van der Waals surface area contributed by atoms with Crippen LogP contribution < -0.4 is 26.1 Å². The van der Waals surface area contributed by atoms with Gasteiger partial charge in [-0.15, -0.1) is 0 Å². The fourth-order valence-corrected chi connectivity index (χ4v) is 10.4.